The van der Waals surface area contributed by atoms with Gasteiger partial charge in [0.25, 0.3) is 5.91 Å². The first-order chi connectivity index (χ1) is 16.2. The number of carbonyl (C=O) groups is 1. The molecule has 0 aliphatic carbocycles. The Kier molecular flexibility index (Phi) is 8.46. The highest BCUT2D eigenvalue weighted by molar-refractivity contribution is 7.16. The van der Waals surface area contributed by atoms with Crippen LogP contribution in [0.5, 0.6) is 0 Å². The van der Waals surface area contributed by atoms with Crippen molar-refractivity contribution in [2.45, 2.75) is 25.8 Å². The van der Waals surface area contributed by atoms with E-state index >= 15 is 0 Å². The number of thiophene rings is 1. The molecule has 0 saturated carbocycles. The maximum atomic E-state index is 12.5. The van der Waals surface area contributed by atoms with Gasteiger partial charge in [0.05, 0.1) is 13.2 Å². The van der Waals surface area contributed by atoms with Gasteiger partial charge in [-0.1, -0.05) is 25.3 Å². The predicted octanol–water partition coefficient (Wildman–Crippen LogP) is 2.64. The second-order valence-electron chi connectivity index (χ2n) is 8.83. The summed E-state index contributed by atoms with van der Waals surface area (Å²) in [5.74, 6) is -0.448. The number of nitrogens with zero attached hydrogens (tertiary/aromatic N) is 2. The lowest BCUT2D eigenvalue weighted by atomic mass is 10.0. The number of allylic oxidation sites excluding steroid dienone is 1. The number of aliphatic hydroxyl groups excluding tert-OH is 1. The molecule has 2 heterocycles. The van der Waals surface area contributed by atoms with Gasteiger partial charge < -0.3 is 20.1 Å². The van der Waals surface area contributed by atoms with Crippen molar-refractivity contribution in [3.05, 3.63) is 63.5 Å². The van der Waals surface area contributed by atoms with Crippen molar-refractivity contribution in [1.29, 1.82) is 5.26 Å². The summed E-state index contributed by atoms with van der Waals surface area (Å²) in [6.07, 6.45) is 4.05. The van der Waals surface area contributed by atoms with Crippen molar-refractivity contribution >= 4 is 36.0 Å². The van der Waals surface area contributed by atoms with E-state index in [1.807, 2.05) is 50.2 Å². The van der Waals surface area contributed by atoms with Crippen LogP contribution in [0.25, 0.3) is 29.2 Å². The molecule has 1 amide bonds. The van der Waals surface area contributed by atoms with Crippen LogP contribution in [0.3, 0.4) is 0 Å². The number of hydrogen-bond acceptors (Lipinski definition) is 6. The molecule has 1 aromatic heterocycles. The van der Waals surface area contributed by atoms with Gasteiger partial charge in [0.2, 0.25) is 0 Å². The number of aliphatic hydroxyl groups is 1. The minimum atomic E-state index is -0.598. The zero-order valence-electron chi connectivity index (χ0n) is 19.8. The number of morpholine rings is 1. The maximum absolute atomic E-state index is 12.5. The van der Waals surface area contributed by atoms with Crippen molar-refractivity contribution in [3.63, 3.8) is 0 Å². The van der Waals surface area contributed by atoms with E-state index < -0.39 is 11.4 Å². The van der Waals surface area contributed by atoms with Crippen LogP contribution >= 0.6 is 11.3 Å². The van der Waals surface area contributed by atoms with Crippen LogP contribution in [0, 0.1) is 11.3 Å². The SMILES string of the molecule is C=C(/C=c1/ccc(-c2ccc(/C=C(\C#N)C(=O)NC(C)(C)CCO)s2)cc1=C)N1CCOCC1. The minimum Gasteiger partial charge on any atom is -0.396 e. The van der Waals surface area contributed by atoms with Crippen LogP contribution in [-0.4, -0.2) is 54.4 Å². The standard InChI is InChI=1S/C27H31N3O3S/c1-19-15-22(6-5-21(19)16-20(2)30-10-13-33-14-11-30)25-8-7-24(34-25)17-23(18-28)26(32)29-27(3,4)9-12-31/h5-8,15-17,31H,1-2,9-14H2,3-4H3,(H,29,32)/b21-16-,23-17+. The highest BCUT2D eigenvalue weighted by atomic mass is 32.1. The first kappa shape index (κ1) is 25.4. The molecule has 2 aromatic rings. The van der Waals surface area contributed by atoms with Gasteiger partial charge in [-0.05, 0) is 66.6 Å². The predicted molar refractivity (Wildman–Crippen MR) is 138 cm³/mol. The van der Waals surface area contributed by atoms with Crippen LogP contribution < -0.4 is 15.8 Å². The van der Waals surface area contributed by atoms with Gasteiger partial charge in [-0.15, -0.1) is 11.3 Å². The Balaban J connectivity index is 1.77. The van der Waals surface area contributed by atoms with Gasteiger partial charge in [-0.25, -0.2) is 0 Å². The number of nitrogens with one attached hydrogen (secondary N) is 1. The van der Waals surface area contributed by atoms with E-state index in [0.29, 0.717) is 19.6 Å². The molecule has 0 spiro atoms. The van der Waals surface area contributed by atoms with Crippen LogP contribution in [0.1, 0.15) is 25.1 Å². The van der Waals surface area contributed by atoms with Gasteiger partial charge in [0, 0.05) is 40.7 Å². The molecular weight excluding hydrogens is 446 g/mol. The second kappa shape index (κ2) is 11.3. The number of benzene rings is 1. The number of carbonyl (C=O) groups excluding carboxylic acids is 1. The molecule has 2 N–H and O–H groups in total. The minimum absolute atomic E-state index is 0.0313. The Hall–Kier alpha value is -3.18. The fourth-order valence-electron chi connectivity index (χ4n) is 3.61. The lowest BCUT2D eigenvalue weighted by molar-refractivity contribution is -0.118. The van der Waals surface area contributed by atoms with Crippen molar-refractivity contribution in [2.75, 3.05) is 32.9 Å². The molecule has 0 atom stereocenters. The fraction of sp³-hybridized carbons (Fsp3) is 0.333. The largest absolute Gasteiger partial charge is 0.396 e. The highest BCUT2D eigenvalue weighted by Crippen LogP contribution is 2.28. The molecule has 0 unspecified atom stereocenters. The molecule has 1 aromatic carbocycles. The third-order valence-corrected chi connectivity index (χ3v) is 6.72. The Morgan fingerprint density at radius 3 is 2.71 bits per heavy atom. The van der Waals surface area contributed by atoms with E-state index in [1.54, 1.807) is 6.08 Å². The number of ether oxygens (including phenoxy) is 1. The lowest BCUT2D eigenvalue weighted by Crippen LogP contribution is -2.44. The molecule has 0 bridgehead atoms. The zero-order valence-corrected chi connectivity index (χ0v) is 20.6. The third-order valence-electron chi connectivity index (χ3n) is 5.63. The zero-order chi connectivity index (χ0) is 24.7. The topological polar surface area (TPSA) is 85.6 Å². The first-order valence-corrected chi connectivity index (χ1v) is 12.0. The summed E-state index contributed by atoms with van der Waals surface area (Å²) in [5, 5.41) is 23.4. The normalized spacial score (nSPS) is 15.2. The number of amides is 1. The molecule has 178 valence electrons. The Labute approximate surface area is 204 Å². The molecule has 1 aliphatic heterocycles. The molecule has 34 heavy (non-hydrogen) atoms. The molecule has 0 radical (unpaired) electrons. The second-order valence-corrected chi connectivity index (χ2v) is 9.95. The summed E-state index contributed by atoms with van der Waals surface area (Å²) in [6, 6.07) is 12.0. The van der Waals surface area contributed by atoms with Crippen molar-refractivity contribution in [3.8, 4) is 16.5 Å². The van der Waals surface area contributed by atoms with Crippen molar-refractivity contribution in [2.24, 2.45) is 0 Å². The summed E-state index contributed by atoms with van der Waals surface area (Å²) in [6.45, 7) is 15.1. The third kappa shape index (κ3) is 6.67. The maximum Gasteiger partial charge on any atom is 0.262 e. The van der Waals surface area contributed by atoms with Crippen LogP contribution in [0.4, 0.5) is 0 Å². The smallest absolute Gasteiger partial charge is 0.262 e. The van der Waals surface area contributed by atoms with Gasteiger partial charge in [-0.2, -0.15) is 5.26 Å². The summed E-state index contributed by atoms with van der Waals surface area (Å²) < 4.78 is 5.40. The quantitative estimate of drug-likeness (QED) is 0.451. The average molecular weight is 478 g/mol. The van der Waals surface area contributed by atoms with Crippen LogP contribution in [-0.2, 0) is 9.53 Å². The van der Waals surface area contributed by atoms with Gasteiger partial charge in [0.15, 0.2) is 0 Å². The lowest BCUT2D eigenvalue weighted by Gasteiger charge is -2.29. The van der Waals surface area contributed by atoms with Gasteiger partial charge >= 0.3 is 0 Å². The van der Waals surface area contributed by atoms with Crippen molar-refractivity contribution < 1.29 is 14.6 Å². The van der Waals surface area contributed by atoms with E-state index in [1.165, 1.54) is 11.3 Å². The van der Waals surface area contributed by atoms with Crippen molar-refractivity contribution in [1.82, 2.24) is 10.2 Å². The number of rotatable bonds is 8. The highest BCUT2D eigenvalue weighted by Gasteiger charge is 2.22. The fourth-order valence-corrected chi connectivity index (χ4v) is 4.56. The molecule has 1 fully saturated rings. The van der Waals surface area contributed by atoms with Crippen LogP contribution in [0.15, 0.2) is 48.2 Å². The molecule has 1 aliphatic rings. The van der Waals surface area contributed by atoms with E-state index in [9.17, 15) is 10.1 Å². The Morgan fingerprint density at radius 1 is 1.32 bits per heavy atom. The van der Waals surface area contributed by atoms with Gasteiger partial charge in [-0.3, -0.25) is 4.79 Å². The summed E-state index contributed by atoms with van der Waals surface area (Å²) in [4.78, 5) is 16.6. The van der Waals surface area contributed by atoms with E-state index in [0.717, 1.165) is 44.5 Å². The van der Waals surface area contributed by atoms with E-state index in [2.05, 4.69) is 29.5 Å². The average Bonchev–Trinajstić information content (AvgIpc) is 3.27. The van der Waals surface area contributed by atoms with E-state index in [4.69, 9.17) is 9.84 Å². The first-order valence-electron chi connectivity index (χ1n) is 11.2. The Morgan fingerprint density at radius 2 is 2.06 bits per heavy atom. The number of hydrogen-bond donors (Lipinski definition) is 2. The Bertz CT molecular complexity index is 1230. The molecule has 6 nitrogen and oxygen atoms in total. The monoisotopic (exact) mass is 477 g/mol. The number of nitriles is 1. The molecule has 7 heteroatoms. The summed E-state index contributed by atoms with van der Waals surface area (Å²) in [5.41, 5.74) is 1.41. The summed E-state index contributed by atoms with van der Waals surface area (Å²) in [7, 11) is 0. The molecular formula is C27H31N3O3S. The van der Waals surface area contributed by atoms with E-state index in [-0.39, 0.29) is 12.2 Å². The van der Waals surface area contributed by atoms with Crippen LogP contribution in [0.2, 0.25) is 0 Å². The molecule has 1 saturated heterocycles. The van der Waals surface area contributed by atoms with Gasteiger partial charge in [0.1, 0.15) is 11.6 Å². The molecule has 3 rings (SSSR count). The summed E-state index contributed by atoms with van der Waals surface area (Å²) >= 11 is 1.50.